The third-order valence-corrected chi connectivity index (χ3v) is 10.2. The highest BCUT2D eigenvalue weighted by Crippen LogP contribution is 2.39. The van der Waals surface area contributed by atoms with E-state index in [2.05, 4.69) is 20.9 Å². The average molecular weight is 746 g/mol. The SMILES string of the molecule is C=C/C(Cl)=C(C[C@H](OC(=O)c1ccc(OC)c(S(=O)(=O)NCCN2CCOCC2)c1)c1ccc(OC(F)F)c(OCC2CC2)c1)\C(Cl)=C/C. The number of nitrogens with one attached hydrogen (secondary N) is 1. The standard InChI is InChI=1S/C34H40Cl2F2N2O8S/c1-4-26(35)25(27(36)5-2)20-30(23-8-10-28(48-34(37)38)31(18-23)46-21-22-6-7-22)47-33(41)24-9-11-29(44-3)32(19-24)49(42,43)39-12-13-40-14-16-45-17-15-40/h4-5,8-11,18-19,22,30,34,39H,1,6-7,12-17,20-21H2,2-3H3/b26-25+,27-5+/t30-/m0/s1. The van der Waals surface area contributed by atoms with Crippen molar-refractivity contribution in [2.24, 2.45) is 5.92 Å². The summed E-state index contributed by atoms with van der Waals surface area (Å²) in [7, 11) is -2.79. The van der Waals surface area contributed by atoms with Crippen LogP contribution in [0, 0.1) is 5.92 Å². The second-order valence-electron chi connectivity index (χ2n) is 11.3. The van der Waals surface area contributed by atoms with Gasteiger partial charge in [0, 0.05) is 42.7 Å². The molecule has 4 rings (SSSR count). The number of alkyl halides is 2. The van der Waals surface area contributed by atoms with Gasteiger partial charge in [-0.15, -0.1) is 0 Å². The van der Waals surface area contributed by atoms with Gasteiger partial charge in [-0.1, -0.05) is 48.0 Å². The zero-order chi connectivity index (χ0) is 35.6. The Bertz CT molecular complexity index is 1640. The summed E-state index contributed by atoms with van der Waals surface area (Å²) in [5.41, 5.74) is 0.674. The normalized spacial score (nSPS) is 16.9. The molecule has 2 aromatic rings. The van der Waals surface area contributed by atoms with Gasteiger partial charge in [-0.2, -0.15) is 8.78 Å². The molecule has 0 bridgehead atoms. The molecule has 49 heavy (non-hydrogen) atoms. The zero-order valence-electron chi connectivity index (χ0n) is 27.3. The van der Waals surface area contributed by atoms with Crippen LogP contribution in [-0.4, -0.2) is 79.0 Å². The lowest BCUT2D eigenvalue weighted by atomic mass is 9.99. The maximum atomic E-state index is 13.7. The molecule has 10 nitrogen and oxygen atoms in total. The second kappa shape index (κ2) is 18.2. The number of morpholine rings is 1. The highest BCUT2D eigenvalue weighted by Gasteiger charge is 2.28. The molecular formula is C34H40Cl2F2N2O8S. The minimum Gasteiger partial charge on any atom is -0.495 e. The Kier molecular flexibility index (Phi) is 14.3. The van der Waals surface area contributed by atoms with Crippen LogP contribution in [0.25, 0.3) is 0 Å². The number of hydrogen-bond acceptors (Lipinski definition) is 9. The van der Waals surface area contributed by atoms with E-state index in [1.807, 2.05) is 0 Å². The fourth-order valence-electron chi connectivity index (χ4n) is 4.99. The molecule has 1 saturated carbocycles. The number of carbonyl (C=O) groups is 1. The van der Waals surface area contributed by atoms with Crippen LogP contribution in [0.15, 0.2) is 75.7 Å². The molecule has 0 spiro atoms. The van der Waals surface area contributed by atoms with E-state index in [0.717, 1.165) is 12.8 Å². The Morgan fingerprint density at radius 1 is 1.12 bits per heavy atom. The van der Waals surface area contributed by atoms with Crippen molar-refractivity contribution in [3.8, 4) is 17.2 Å². The molecule has 0 aromatic heterocycles. The molecule has 0 amide bonds. The lowest BCUT2D eigenvalue weighted by Gasteiger charge is -2.26. The third kappa shape index (κ3) is 11.1. The summed E-state index contributed by atoms with van der Waals surface area (Å²) >= 11 is 13.0. The highest BCUT2D eigenvalue weighted by atomic mass is 35.5. The third-order valence-electron chi connectivity index (χ3n) is 7.89. The summed E-state index contributed by atoms with van der Waals surface area (Å²) in [6, 6.07) is 8.14. The molecule has 1 N–H and O–H groups in total. The average Bonchev–Trinajstić information content (AvgIpc) is 3.93. The smallest absolute Gasteiger partial charge is 0.387 e. The van der Waals surface area contributed by atoms with Gasteiger partial charge in [0.05, 0.1) is 32.5 Å². The molecule has 15 heteroatoms. The monoisotopic (exact) mass is 744 g/mol. The van der Waals surface area contributed by atoms with E-state index < -0.39 is 28.7 Å². The predicted molar refractivity (Wildman–Crippen MR) is 182 cm³/mol. The van der Waals surface area contributed by atoms with Crippen molar-refractivity contribution in [3.63, 3.8) is 0 Å². The fourth-order valence-corrected chi connectivity index (χ4v) is 6.61. The van der Waals surface area contributed by atoms with Crippen LogP contribution in [-0.2, 0) is 19.5 Å². The molecule has 0 unspecified atom stereocenters. The van der Waals surface area contributed by atoms with Gasteiger partial charge in [0.2, 0.25) is 10.0 Å². The van der Waals surface area contributed by atoms with E-state index in [9.17, 15) is 22.0 Å². The summed E-state index contributed by atoms with van der Waals surface area (Å²) in [4.78, 5) is 15.6. The maximum Gasteiger partial charge on any atom is 0.387 e. The van der Waals surface area contributed by atoms with Crippen LogP contribution in [0.1, 0.15) is 48.2 Å². The number of methoxy groups -OCH3 is 1. The highest BCUT2D eigenvalue weighted by molar-refractivity contribution is 7.89. The van der Waals surface area contributed by atoms with Crippen molar-refractivity contribution in [3.05, 3.63) is 81.9 Å². The van der Waals surface area contributed by atoms with Gasteiger partial charge in [-0.3, -0.25) is 4.90 Å². The molecule has 1 heterocycles. The molecule has 1 aliphatic carbocycles. The van der Waals surface area contributed by atoms with E-state index in [-0.39, 0.29) is 50.7 Å². The lowest BCUT2D eigenvalue weighted by molar-refractivity contribution is -0.0515. The van der Waals surface area contributed by atoms with Crippen molar-refractivity contribution >= 4 is 39.2 Å². The van der Waals surface area contributed by atoms with Crippen LogP contribution in [0.5, 0.6) is 17.2 Å². The van der Waals surface area contributed by atoms with E-state index in [0.29, 0.717) is 56.5 Å². The fraction of sp³-hybridized carbons (Fsp3) is 0.441. The number of nitrogens with zero attached hydrogens (tertiary/aromatic N) is 1. The summed E-state index contributed by atoms with van der Waals surface area (Å²) in [5, 5.41) is 0.475. The van der Waals surface area contributed by atoms with E-state index >= 15 is 0 Å². The summed E-state index contributed by atoms with van der Waals surface area (Å²) < 4.78 is 82.9. The first-order chi connectivity index (χ1) is 23.4. The number of carbonyl (C=O) groups excluding carboxylic acids is 1. The first-order valence-corrected chi connectivity index (χ1v) is 17.9. The van der Waals surface area contributed by atoms with Crippen LogP contribution in [0.4, 0.5) is 8.78 Å². The Morgan fingerprint density at radius 2 is 1.84 bits per heavy atom. The number of rotatable bonds is 18. The molecular weight excluding hydrogens is 705 g/mol. The van der Waals surface area contributed by atoms with Gasteiger partial charge in [-0.25, -0.2) is 17.9 Å². The van der Waals surface area contributed by atoms with Crippen LogP contribution >= 0.6 is 23.2 Å². The zero-order valence-corrected chi connectivity index (χ0v) is 29.6. The molecule has 2 aliphatic rings. The molecule has 1 saturated heterocycles. The van der Waals surface area contributed by atoms with Gasteiger partial charge in [0.15, 0.2) is 11.5 Å². The number of hydrogen-bond donors (Lipinski definition) is 1. The predicted octanol–water partition coefficient (Wildman–Crippen LogP) is 6.81. The quantitative estimate of drug-likeness (QED) is 0.130. The maximum absolute atomic E-state index is 13.7. The summed E-state index contributed by atoms with van der Waals surface area (Å²) in [6.07, 6.45) is 3.77. The molecule has 2 aromatic carbocycles. The van der Waals surface area contributed by atoms with Crippen molar-refractivity contribution in [1.82, 2.24) is 9.62 Å². The van der Waals surface area contributed by atoms with E-state index in [1.165, 1.54) is 49.6 Å². The number of esters is 1. The number of ether oxygens (including phenoxy) is 5. The largest absolute Gasteiger partial charge is 0.495 e. The van der Waals surface area contributed by atoms with Gasteiger partial charge in [0.1, 0.15) is 16.7 Å². The number of benzene rings is 2. The van der Waals surface area contributed by atoms with Crippen molar-refractivity contribution in [1.29, 1.82) is 0 Å². The first kappa shape index (κ1) is 38.6. The van der Waals surface area contributed by atoms with Crippen LogP contribution in [0.3, 0.4) is 0 Å². The topological polar surface area (TPSA) is 113 Å². The minimum absolute atomic E-state index is 0.0295. The van der Waals surface area contributed by atoms with Crippen molar-refractivity contribution in [2.75, 3.05) is 53.1 Å². The van der Waals surface area contributed by atoms with E-state index in [4.69, 9.17) is 42.1 Å². The van der Waals surface area contributed by atoms with Crippen molar-refractivity contribution < 1.29 is 45.7 Å². The Hall–Kier alpha value is -3.20. The Morgan fingerprint density at radius 3 is 2.47 bits per heavy atom. The summed E-state index contributed by atoms with van der Waals surface area (Å²) in [5.74, 6) is -0.676. The number of allylic oxidation sites excluding steroid dienone is 4. The molecule has 2 fully saturated rings. The van der Waals surface area contributed by atoms with E-state index in [1.54, 1.807) is 13.0 Å². The van der Waals surface area contributed by atoms with Gasteiger partial charge in [0.25, 0.3) is 0 Å². The Balaban J connectivity index is 1.65. The Labute approximate surface area is 295 Å². The molecule has 0 radical (unpaired) electrons. The second-order valence-corrected chi connectivity index (χ2v) is 13.9. The summed E-state index contributed by atoms with van der Waals surface area (Å²) in [6.45, 7) is 5.75. The van der Waals surface area contributed by atoms with Crippen LogP contribution < -0.4 is 18.9 Å². The van der Waals surface area contributed by atoms with Gasteiger partial charge >= 0.3 is 12.6 Å². The lowest BCUT2D eigenvalue weighted by Crippen LogP contribution is -2.41. The number of sulfonamides is 1. The molecule has 1 aliphatic heterocycles. The molecule has 268 valence electrons. The number of halogens is 4. The van der Waals surface area contributed by atoms with Gasteiger partial charge in [-0.05, 0) is 67.2 Å². The molecule has 1 atom stereocenters. The minimum atomic E-state index is -4.11. The first-order valence-electron chi connectivity index (χ1n) is 15.7. The van der Waals surface area contributed by atoms with Crippen molar-refractivity contribution in [2.45, 2.75) is 43.8 Å². The van der Waals surface area contributed by atoms with Crippen LogP contribution in [0.2, 0.25) is 0 Å². The van der Waals surface area contributed by atoms with Gasteiger partial charge < -0.3 is 23.7 Å².